The molecule has 1 saturated carbocycles. The second-order valence-corrected chi connectivity index (χ2v) is 7.94. The normalized spacial score (nSPS) is 25.6. The van der Waals surface area contributed by atoms with Crippen LogP contribution in [0.15, 0.2) is 18.3 Å². The van der Waals surface area contributed by atoms with Crippen LogP contribution in [0.25, 0.3) is 0 Å². The van der Waals surface area contributed by atoms with Gasteiger partial charge in [-0.05, 0) is 43.7 Å². The van der Waals surface area contributed by atoms with Gasteiger partial charge in [0.15, 0.2) is 0 Å². The molecule has 1 aliphatic carbocycles. The minimum absolute atomic E-state index is 0.00136. The summed E-state index contributed by atoms with van der Waals surface area (Å²) in [6.45, 7) is 7.41. The summed E-state index contributed by atoms with van der Waals surface area (Å²) in [5, 5.41) is 3.01. The standard InChI is InChI=1S/C19H27N3O2/c1-13(2)17-19(7-9-24-10-8-19)12-22(17)16-6-3-14(11-20-16)18(23)21-15-4-5-15/h3,6,11,13,15,17H,4-5,7-10,12H2,1-2H3,(H,21,23). The second-order valence-electron chi connectivity index (χ2n) is 7.94. The maximum atomic E-state index is 12.1. The fourth-order valence-corrected chi connectivity index (χ4v) is 4.46. The van der Waals surface area contributed by atoms with Gasteiger partial charge in [0, 0.05) is 43.5 Å². The van der Waals surface area contributed by atoms with Crippen molar-refractivity contribution in [2.24, 2.45) is 11.3 Å². The molecule has 1 N–H and O–H groups in total. The maximum Gasteiger partial charge on any atom is 0.253 e. The first-order chi connectivity index (χ1) is 11.6. The second kappa shape index (κ2) is 6.03. The van der Waals surface area contributed by atoms with E-state index in [1.165, 1.54) is 0 Å². The summed E-state index contributed by atoms with van der Waals surface area (Å²) in [5.74, 6) is 1.58. The van der Waals surface area contributed by atoms with Crippen LogP contribution in [0.5, 0.6) is 0 Å². The number of rotatable bonds is 4. The van der Waals surface area contributed by atoms with Gasteiger partial charge in [0.1, 0.15) is 5.82 Å². The van der Waals surface area contributed by atoms with E-state index in [0.29, 0.717) is 29.0 Å². The molecule has 5 nitrogen and oxygen atoms in total. The Labute approximate surface area is 143 Å². The van der Waals surface area contributed by atoms with Gasteiger partial charge >= 0.3 is 0 Å². The molecule has 3 fully saturated rings. The van der Waals surface area contributed by atoms with Crippen molar-refractivity contribution in [3.8, 4) is 0 Å². The van der Waals surface area contributed by atoms with E-state index in [4.69, 9.17) is 4.74 Å². The zero-order valence-electron chi connectivity index (χ0n) is 14.6. The number of anilines is 1. The molecule has 130 valence electrons. The van der Waals surface area contributed by atoms with Crippen molar-refractivity contribution < 1.29 is 9.53 Å². The van der Waals surface area contributed by atoms with Gasteiger partial charge in [-0.2, -0.15) is 0 Å². The molecular formula is C19H27N3O2. The summed E-state index contributed by atoms with van der Waals surface area (Å²) in [6, 6.07) is 4.81. The third-order valence-electron chi connectivity index (χ3n) is 5.79. The van der Waals surface area contributed by atoms with Gasteiger partial charge in [0.05, 0.1) is 5.56 Å². The molecule has 3 heterocycles. The molecule has 24 heavy (non-hydrogen) atoms. The molecule has 0 aromatic carbocycles. The number of carbonyl (C=O) groups is 1. The molecule has 4 rings (SSSR count). The average Bonchev–Trinajstić information content (AvgIpc) is 3.37. The Hall–Kier alpha value is -1.62. The molecule has 1 aromatic heterocycles. The van der Waals surface area contributed by atoms with Gasteiger partial charge in [0.2, 0.25) is 0 Å². The van der Waals surface area contributed by atoms with Crippen LogP contribution in [0, 0.1) is 11.3 Å². The van der Waals surface area contributed by atoms with Crippen LogP contribution in [0.3, 0.4) is 0 Å². The molecule has 1 atom stereocenters. The van der Waals surface area contributed by atoms with Crippen LogP contribution in [-0.4, -0.2) is 42.7 Å². The van der Waals surface area contributed by atoms with Crippen molar-refractivity contribution in [3.63, 3.8) is 0 Å². The predicted octanol–water partition coefficient (Wildman–Crippen LogP) is 2.62. The van der Waals surface area contributed by atoms with E-state index in [2.05, 4.69) is 29.0 Å². The summed E-state index contributed by atoms with van der Waals surface area (Å²) in [6.07, 6.45) is 6.22. The Morgan fingerprint density at radius 1 is 1.33 bits per heavy atom. The van der Waals surface area contributed by atoms with Crippen molar-refractivity contribution in [2.75, 3.05) is 24.7 Å². The summed E-state index contributed by atoms with van der Waals surface area (Å²) >= 11 is 0. The van der Waals surface area contributed by atoms with Gasteiger partial charge in [0.25, 0.3) is 5.91 Å². The number of pyridine rings is 1. The van der Waals surface area contributed by atoms with Crippen LogP contribution in [0.2, 0.25) is 0 Å². The highest BCUT2D eigenvalue weighted by molar-refractivity contribution is 5.94. The zero-order valence-corrected chi connectivity index (χ0v) is 14.6. The highest BCUT2D eigenvalue weighted by Gasteiger charge is 2.54. The Morgan fingerprint density at radius 2 is 2.08 bits per heavy atom. The van der Waals surface area contributed by atoms with E-state index in [0.717, 1.165) is 51.3 Å². The number of aromatic nitrogens is 1. The molecule has 1 unspecified atom stereocenters. The van der Waals surface area contributed by atoms with Crippen molar-refractivity contribution in [1.82, 2.24) is 10.3 Å². The van der Waals surface area contributed by atoms with Crippen LogP contribution < -0.4 is 10.2 Å². The summed E-state index contributed by atoms with van der Waals surface area (Å²) < 4.78 is 5.57. The lowest BCUT2D eigenvalue weighted by molar-refractivity contribution is -0.0400. The minimum atomic E-state index is 0.00136. The fourth-order valence-electron chi connectivity index (χ4n) is 4.46. The van der Waals surface area contributed by atoms with Crippen LogP contribution in [0.1, 0.15) is 49.9 Å². The summed E-state index contributed by atoms with van der Waals surface area (Å²) in [5.41, 5.74) is 1.05. The third-order valence-corrected chi connectivity index (χ3v) is 5.79. The van der Waals surface area contributed by atoms with Gasteiger partial charge in [-0.3, -0.25) is 4.79 Å². The first-order valence-electron chi connectivity index (χ1n) is 9.20. The number of carbonyl (C=O) groups excluding carboxylic acids is 1. The van der Waals surface area contributed by atoms with E-state index in [1.54, 1.807) is 6.20 Å². The first-order valence-corrected chi connectivity index (χ1v) is 9.20. The number of hydrogen-bond acceptors (Lipinski definition) is 4. The molecule has 3 aliphatic rings. The summed E-state index contributed by atoms with van der Waals surface area (Å²) in [4.78, 5) is 19.1. The number of hydrogen-bond donors (Lipinski definition) is 1. The Balaban J connectivity index is 1.48. The monoisotopic (exact) mass is 329 g/mol. The average molecular weight is 329 g/mol. The molecule has 1 amide bonds. The highest BCUT2D eigenvalue weighted by Crippen LogP contribution is 2.50. The van der Waals surface area contributed by atoms with Crippen molar-refractivity contribution in [2.45, 2.75) is 51.6 Å². The number of nitrogens with one attached hydrogen (secondary N) is 1. The maximum absolute atomic E-state index is 12.1. The quantitative estimate of drug-likeness (QED) is 0.922. The van der Waals surface area contributed by atoms with Crippen molar-refractivity contribution in [1.29, 1.82) is 0 Å². The molecule has 0 bridgehead atoms. The van der Waals surface area contributed by atoms with E-state index in [-0.39, 0.29) is 5.91 Å². The van der Waals surface area contributed by atoms with Gasteiger partial charge in [-0.1, -0.05) is 13.8 Å². The largest absolute Gasteiger partial charge is 0.381 e. The predicted molar refractivity (Wildman–Crippen MR) is 93.2 cm³/mol. The molecule has 0 radical (unpaired) electrons. The van der Waals surface area contributed by atoms with Crippen LogP contribution in [0.4, 0.5) is 5.82 Å². The molecule has 2 aliphatic heterocycles. The smallest absolute Gasteiger partial charge is 0.253 e. The van der Waals surface area contributed by atoms with Crippen LogP contribution in [-0.2, 0) is 4.74 Å². The first kappa shape index (κ1) is 15.9. The van der Waals surface area contributed by atoms with E-state index < -0.39 is 0 Å². The van der Waals surface area contributed by atoms with E-state index in [1.807, 2.05) is 12.1 Å². The lowest BCUT2D eigenvalue weighted by Gasteiger charge is -2.61. The summed E-state index contributed by atoms with van der Waals surface area (Å²) in [7, 11) is 0. The molecule has 1 spiro atoms. The Morgan fingerprint density at radius 3 is 2.67 bits per heavy atom. The lowest BCUT2D eigenvalue weighted by atomic mass is 9.63. The molecule has 5 heteroatoms. The van der Waals surface area contributed by atoms with Crippen molar-refractivity contribution in [3.05, 3.63) is 23.9 Å². The van der Waals surface area contributed by atoms with E-state index in [9.17, 15) is 4.79 Å². The fraction of sp³-hybridized carbons (Fsp3) is 0.684. The van der Waals surface area contributed by atoms with Crippen LogP contribution >= 0.6 is 0 Å². The van der Waals surface area contributed by atoms with Gasteiger partial charge in [-0.25, -0.2) is 4.98 Å². The zero-order chi connectivity index (χ0) is 16.7. The van der Waals surface area contributed by atoms with Gasteiger partial charge in [-0.15, -0.1) is 0 Å². The molecule has 1 aromatic rings. The number of nitrogens with zero attached hydrogens (tertiary/aromatic N) is 2. The SMILES string of the molecule is CC(C)C1N(c2ccc(C(=O)NC3CC3)cn2)CC12CCOCC2. The lowest BCUT2D eigenvalue weighted by Crippen LogP contribution is -2.68. The highest BCUT2D eigenvalue weighted by atomic mass is 16.5. The number of amides is 1. The minimum Gasteiger partial charge on any atom is -0.381 e. The molecule has 2 saturated heterocycles. The van der Waals surface area contributed by atoms with Gasteiger partial charge < -0.3 is 15.0 Å². The number of ether oxygens (including phenoxy) is 1. The Bertz CT molecular complexity index is 604. The van der Waals surface area contributed by atoms with E-state index >= 15 is 0 Å². The Kier molecular flexibility index (Phi) is 3.99. The molecular weight excluding hydrogens is 302 g/mol. The topological polar surface area (TPSA) is 54.5 Å². The third kappa shape index (κ3) is 2.79. The van der Waals surface area contributed by atoms with Crippen molar-refractivity contribution >= 4 is 11.7 Å².